The topological polar surface area (TPSA) is 90.1 Å². The monoisotopic (exact) mass is 554 g/mol. The minimum Gasteiger partial charge on any atom is -0.355 e. The fourth-order valence-corrected chi connectivity index (χ4v) is 6.66. The molecule has 0 saturated carbocycles. The molecule has 0 saturated heterocycles. The van der Waals surface area contributed by atoms with Gasteiger partial charge in [-0.15, -0.1) is 0 Å². The van der Waals surface area contributed by atoms with E-state index in [1.54, 1.807) is 0 Å². The largest absolute Gasteiger partial charge is 0.355 e. The van der Waals surface area contributed by atoms with Crippen molar-refractivity contribution in [3.8, 4) is 0 Å². The molecule has 0 spiro atoms. The van der Waals surface area contributed by atoms with Gasteiger partial charge in [0.05, 0.1) is 5.71 Å². The summed E-state index contributed by atoms with van der Waals surface area (Å²) < 4.78 is 0. The summed E-state index contributed by atoms with van der Waals surface area (Å²) in [6.45, 7) is 17.0. The van der Waals surface area contributed by atoms with Crippen LogP contribution in [-0.4, -0.2) is 27.5 Å². The number of H-pyrrole nitrogens is 2. The second kappa shape index (κ2) is 12.9. The molecule has 0 fully saturated rings. The molecule has 2 aromatic rings. The number of nitrogens with zero attached hydrogens (tertiary/aromatic N) is 1. The van der Waals surface area contributed by atoms with Gasteiger partial charge in [-0.1, -0.05) is 55.4 Å². The molecule has 0 aliphatic carbocycles. The third kappa shape index (κ3) is 5.49. The molecule has 2 amide bonds. The van der Waals surface area contributed by atoms with Crippen molar-refractivity contribution in [2.24, 2.45) is 4.99 Å². The van der Waals surface area contributed by atoms with E-state index in [0.29, 0.717) is 6.42 Å². The number of amides is 2. The van der Waals surface area contributed by atoms with Gasteiger partial charge in [-0.25, -0.2) is 4.99 Å². The lowest BCUT2D eigenvalue weighted by Crippen LogP contribution is -2.16. The predicted molar refractivity (Wildman–Crippen MR) is 170 cm³/mol. The number of hydrogen-bond donors (Lipinski definition) is 3. The first kappa shape index (κ1) is 30.3. The number of aromatic amines is 2. The lowest BCUT2D eigenvalue weighted by atomic mass is 10.00. The zero-order chi connectivity index (χ0) is 29.8. The number of allylic oxidation sites excluding steroid dienone is 2. The molecule has 0 aromatic carbocycles. The van der Waals surface area contributed by atoms with Gasteiger partial charge in [0.1, 0.15) is 0 Å². The fraction of sp³-hybridized carbons (Fsp3) is 0.457. The molecular formula is C35H46N4O2. The summed E-state index contributed by atoms with van der Waals surface area (Å²) in [6.07, 6.45) is 13.1. The molecule has 0 bridgehead atoms. The minimum atomic E-state index is -0.0963. The molecule has 4 heterocycles. The van der Waals surface area contributed by atoms with E-state index in [-0.39, 0.29) is 11.8 Å². The lowest BCUT2D eigenvalue weighted by molar-refractivity contribution is -0.116. The van der Waals surface area contributed by atoms with Gasteiger partial charge < -0.3 is 15.3 Å². The normalized spacial score (nSPS) is 17.7. The molecular weight excluding hydrogens is 508 g/mol. The number of nitrogens with one attached hydrogen (secondary N) is 3. The first-order valence-corrected chi connectivity index (χ1v) is 15.6. The van der Waals surface area contributed by atoms with Crippen LogP contribution in [-0.2, 0) is 35.3 Å². The Hall–Kier alpha value is -3.67. The summed E-state index contributed by atoms with van der Waals surface area (Å²) in [7, 11) is 0. The van der Waals surface area contributed by atoms with Crippen LogP contribution in [0.25, 0.3) is 18.2 Å². The third-order valence-electron chi connectivity index (χ3n) is 8.62. The maximum atomic E-state index is 12.6. The Morgan fingerprint density at radius 1 is 0.537 bits per heavy atom. The van der Waals surface area contributed by atoms with E-state index in [1.807, 2.05) is 13.8 Å². The van der Waals surface area contributed by atoms with E-state index < -0.39 is 0 Å². The maximum Gasteiger partial charge on any atom is 0.273 e. The Balaban J connectivity index is 1.89. The van der Waals surface area contributed by atoms with E-state index in [0.717, 1.165) is 101 Å². The summed E-state index contributed by atoms with van der Waals surface area (Å²) in [5.41, 5.74) is 12.9. The van der Waals surface area contributed by atoms with Gasteiger partial charge in [0.2, 0.25) is 0 Å². The standard InChI is InChI=1S/C35H46N4O2/c1-9-20-22(11-3)30(18-32-24(13-5)26(15-7)34(40)38-32)36-28(20)17-29-21(10-2)23(12-4)31(37-29)19-33-25(14-6)27(16-8)35(41)39-33/h17-19,36-37H,9-16H2,1-8H3,(H,38,40)/b29-17-,31-19+,32-18-. The highest BCUT2D eigenvalue weighted by Gasteiger charge is 2.26. The average molecular weight is 555 g/mol. The third-order valence-corrected chi connectivity index (χ3v) is 8.62. The molecule has 6 heteroatoms. The number of carbonyl (C=O) groups is 2. The molecule has 3 N–H and O–H groups in total. The van der Waals surface area contributed by atoms with E-state index in [9.17, 15) is 9.59 Å². The summed E-state index contributed by atoms with van der Waals surface area (Å²) in [4.78, 5) is 36.9. The van der Waals surface area contributed by atoms with Crippen LogP contribution >= 0.6 is 0 Å². The van der Waals surface area contributed by atoms with E-state index >= 15 is 0 Å². The van der Waals surface area contributed by atoms with Crippen LogP contribution in [0.2, 0.25) is 0 Å². The van der Waals surface area contributed by atoms with E-state index in [2.05, 4.69) is 80.0 Å². The van der Waals surface area contributed by atoms with Crippen molar-refractivity contribution >= 4 is 35.8 Å². The number of aliphatic imine (C=N–C) groups is 1. The Morgan fingerprint density at radius 3 is 1.56 bits per heavy atom. The van der Waals surface area contributed by atoms with Crippen molar-refractivity contribution in [3.63, 3.8) is 0 Å². The smallest absolute Gasteiger partial charge is 0.273 e. The summed E-state index contributed by atoms with van der Waals surface area (Å²) in [6, 6.07) is 0. The predicted octanol–water partition coefficient (Wildman–Crippen LogP) is 5.89. The molecule has 6 nitrogen and oxygen atoms in total. The van der Waals surface area contributed by atoms with Crippen molar-refractivity contribution in [2.75, 3.05) is 0 Å². The Morgan fingerprint density at radius 2 is 1.05 bits per heavy atom. The molecule has 0 radical (unpaired) electrons. The quantitative estimate of drug-likeness (QED) is 0.323. The molecule has 0 atom stereocenters. The number of hydrogen-bond acceptors (Lipinski definition) is 2. The fourth-order valence-electron chi connectivity index (χ4n) is 6.66. The van der Waals surface area contributed by atoms with Crippen LogP contribution in [0.3, 0.4) is 0 Å². The zero-order valence-electron chi connectivity index (χ0n) is 26.2. The molecule has 2 aliphatic rings. The van der Waals surface area contributed by atoms with Gasteiger partial charge in [-0.2, -0.15) is 0 Å². The first-order valence-electron chi connectivity index (χ1n) is 15.6. The highest BCUT2D eigenvalue weighted by molar-refractivity contribution is 6.31. The van der Waals surface area contributed by atoms with Crippen LogP contribution in [0.4, 0.5) is 0 Å². The summed E-state index contributed by atoms with van der Waals surface area (Å²) in [5.74, 6) is -0.0701. The second-order valence-electron chi connectivity index (χ2n) is 10.7. The molecule has 4 rings (SSSR count). The Bertz CT molecular complexity index is 1620. The Kier molecular flexibility index (Phi) is 9.52. The summed E-state index contributed by atoms with van der Waals surface area (Å²) >= 11 is 0. The first-order chi connectivity index (χ1) is 19.8. The van der Waals surface area contributed by atoms with Gasteiger partial charge in [0.25, 0.3) is 11.8 Å². The molecule has 0 unspecified atom stereocenters. The Labute approximate surface area is 244 Å². The van der Waals surface area contributed by atoms with Gasteiger partial charge in [0, 0.05) is 38.9 Å². The van der Waals surface area contributed by atoms with Crippen molar-refractivity contribution in [1.82, 2.24) is 15.3 Å². The highest BCUT2D eigenvalue weighted by Crippen LogP contribution is 2.30. The van der Waals surface area contributed by atoms with Crippen LogP contribution in [0.5, 0.6) is 0 Å². The van der Waals surface area contributed by atoms with Gasteiger partial charge >= 0.3 is 0 Å². The molecule has 2 aromatic heterocycles. The average Bonchev–Trinajstić information content (AvgIpc) is 3.67. The number of carbonyl (C=O) groups excluding carboxylic acids is 2. The lowest BCUT2D eigenvalue weighted by Gasteiger charge is -2.05. The number of aromatic nitrogens is 2. The van der Waals surface area contributed by atoms with Crippen LogP contribution in [0.15, 0.2) is 33.0 Å². The van der Waals surface area contributed by atoms with E-state index in [1.165, 1.54) is 22.3 Å². The van der Waals surface area contributed by atoms with Crippen molar-refractivity contribution in [1.29, 1.82) is 0 Å². The van der Waals surface area contributed by atoms with Gasteiger partial charge in [-0.05, 0) is 103 Å². The minimum absolute atomic E-state index is 0.0262. The van der Waals surface area contributed by atoms with Gasteiger partial charge in [-0.3, -0.25) is 9.59 Å². The maximum absolute atomic E-state index is 12.6. The van der Waals surface area contributed by atoms with Crippen molar-refractivity contribution < 1.29 is 9.59 Å². The zero-order valence-corrected chi connectivity index (χ0v) is 26.2. The van der Waals surface area contributed by atoms with Crippen LogP contribution < -0.4 is 16.0 Å². The van der Waals surface area contributed by atoms with Gasteiger partial charge in [0.15, 0.2) is 0 Å². The summed E-state index contributed by atoms with van der Waals surface area (Å²) in [5, 5.41) is 5.23. The molecule has 2 aliphatic heterocycles. The van der Waals surface area contributed by atoms with Crippen molar-refractivity contribution in [3.05, 3.63) is 72.3 Å². The van der Waals surface area contributed by atoms with E-state index in [4.69, 9.17) is 0 Å². The SMILES string of the molecule is CCC1=C(CC)C(/C=c2/[nH]/c(=C\c3[nH]c(/C=C4\NC(=O)C(CC)=C4CC)c(CC)c3CC)c(CC)c2CC)=NC1=O. The number of rotatable bonds is 11. The van der Waals surface area contributed by atoms with Crippen LogP contribution in [0, 0.1) is 0 Å². The molecule has 41 heavy (non-hydrogen) atoms. The molecule has 218 valence electrons. The van der Waals surface area contributed by atoms with Crippen LogP contribution in [0.1, 0.15) is 115 Å². The van der Waals surface area contributed by atoms with Crippen molar-refractivity contribution in [2.45, 2.75) is 107 Å². The highest BCUT2D eigenvalue weighted by atomic mass is 16.2. The second-order valence-corrected chi connectivity index (χ2v) is 10.7.